The molecule has 7 heteroatoms. The topological polar surface area (TPSA) is 64.9 Å². The summed E-state index contributed by atoms with van der Waals surface area (Å²) < 4.78 is 1.87. The number of fused-ring (bicyclic) bond motifs is 1. The fourth-order valence-corrected chi connectivity index (χ4v) is 2.24. The molecule has 0 bridgehead atoms. The van der Waals surface area contributed by atoms with Crippen molar-refractivity contribution in [2.24, 2.45) is 7.05 Å². The van der Waals surface area contributed by atoms with E-state index in [0.29, 0.717) is 11.3 Å². The van der Waals surface area contributed by atoms with Gasteiger partial charge in [0.05, 0.1) is 13.2 Å². The standard InChI is InChI=1S/C12H15N5O.HI/c1-16-6-2-3-9-10(16)14-12(15-11(9)18)17-7-4-13-5-8-17;/h2-3,6,13H,4-5,7-8H2,1H3;1H. The molecule has 0 unspecified atom stereocenters. The molecule has 0 spiro atoms. The Morgan fingerprint density at radius 1 is 1.37 bits per heavy atom. The van der Waals surface area contributed by atoms with E-state index in [9.17, 15) is 4.79 Å². The van der Waals surface area contributed by atoms with Crippen molar-refractivity contribution in [3.8, 4) is 0 Å². The Hall–Kier alpha value is -1.22. The molecule has 19 heavy (non-hydrogen) atoms. The molecule has 0 atom stereocenters. The number of aryl methyl sites for hydroxylation is 1. The molecule has 102 valence electrons. The normalized spacial score (nSPS) is 15.3. The summed E-state index contributed by atoms with van der Waals surface area (Å²) >= 11 is 0. The number of hydrogen-bond donors (Lipinski definition) is 2. The van der Waals surface area contributed by atoms with Gasteiger partial charge >= 0.3 is 11.6 Å². The number of nitrogens with one attached hydrogen (secondary N) is 2. The van der Waals surface area contributed by atoms with E-state index in [4.69, 9.17) is 0 Å². The highest BCUT2D eigenvalue weighted by atomic mass is 127. The van der Waals surface area contributed by atoms with Crippen LogP contribution < -0.4 is 44.3 Å². The van der Waals surface area contributed by atoms with E-state index in [0.717, 1.165) is 31.8 Å². The van der Waals surface area contributed by atoms with Gasteiger partial charge in [-0.1, -0.05) is 0 Å². The fourth-order valence-electron chi connectivity index (χ4n) is 2.24. The second-order valence-corrected chi connectivity index (χ2v) is 4.48. The second-order valence-electron chi connectivity index (χ2n) is 4.48. The van der Waals surface area contributed by atoms with Gasteiger partial charge in [0.15, 0.2) is 0 Å². The van der Waals surface area contributed by atoms with Gasteiger partial charge in [0.25, 0.3) is 5.56 Å². The van der Waals surface area contributed by atoms with Gasteiger partial charge in [-0.15, -0.1) is 0 Å². The van der Waals surface area contributed by atoms with Gasteiger partial charge in [-0.05, 0) is 17.1 Å². The Balaban J connectivity index is 0.00000133. The molecule has 1 fully saturated rings. The van der Waals surface area contributed by atoms with Crippen LogP contribution in [0.4, 0.5) is 5.95 Å². The van der Waals surface area contributed by atoms with E-state index in [-0.39, 0.29) is 29.5 Å². The van der Waals surface area contributed by atoms with E-state index in [2.05, 4.69) is 20.2 Å². The molecule has 6 nitrogen and oxygen atoms in total. The third kappa shape index (κ3) is 2.71. The van der Waals surface area contributed by atoms with Crippen LogP contribution in [0.1, 0.15) is 0 Å². The van der Waals surface area contributed by atoms with Crippen molar-refractivity contribution in [2.45, 2.75) is 0 Å². The quantitative estimate of drug-likeness (QED) is 0.397. The van der Waals surface area contributed by atoms with Crippen LogP contribution in [0, 0.1) is 0 Å². The Labute approximate surface area is 127 Å². The van der Waals surface area contributed by atoms with Crippen molar-refractivity contribution in [1.29, 1.82) is 0 Å². The summed E-state index contributed by atoms with van der Waals surface area (Å²) in [6.45, 7) is 3.57. The first kappa shape index (κ1) is 14.2. The summed E-state index contributed by atoms with van der Waals surface area (Å²) in [5.41, 5.74) is 0.638. The molecule has 1 saturated heterocycles. The molecule has 2 aromatic heterocycles. The van der Waals surface area contributed by atoms with Crippen molar-refractivity contribution in [3.63, 3.8) is 0 Å². The van der Waals surface area contributed by atoms with Crippen LogP contribution in [0.5, 0.6) is 0 Å². The first-order valence-electron chi connectivity index (χ1n) is 6.10. The van der Waals surface area contributed by atoms with E-state index in [1.165, 1.54) is 0 Å². The number of aromatic nitrogens is 3. The van der Waals surface area contributed by atoms with Crippen molar-refractivity contribution in [3.05, 3.63) is 28.7 Å². The molecular formula is C12H16IN5O. The van der Waals surface area contributed by atoms with Crippen LogP contribution in [0.15, 0.2) is 23.1 Å². The molecule has 3 heterocycles. The average Bonchev–Trinajstić information content (AvgIpc) is 2.41. The largest absolute Gasteiger partial charge is 1.00 e. The zero-order valence-electron chi connectivity index (χ0n) is 10.7. The second kappa shape index (κ2) is 5.83. The SMILES string of the molecule is C[n+]1cccc2c(=O)[nH]c(N3CCNCC3)nc21.[I-]. The van der Waals surface area contributed by atoms with Gasteiger partial charge in [-0.2, -0.15) is 0 Å². The van der Waals surface area contributed by atoms with E-state index >= 15 is 0 Å². The fraction of sp³-hybridized carbons (Fsp3) is 0.417. The number of pyridine rings is 1. The summed E-state index contributed by atoms with van der Waals surface area (Å²) in [5, 5.41) is 3.90. The highest BCUT2D eigenvalue weighted by molar-refractivity contribution is 5.71. The smallest absolute Gasteiger partial charge is 0.340 e. The van der Waals surface area contributed by atoms with Gasteiger partial charge in [0, 0.05) is 26.2 Å². The van der Waals surface area contributed by atoms with Crippen LogP contribution in [-0.4, -0.2) is 36.1 Å². The number of piperazine rings is 1. The average molecular weight is 373 g/mol. The van der Waals surface area contributed by atoms with E-state index in [1.807, 2.05) is 23.9 Å². The number of anilines is 1. The van der Waals surface area contributed by atoms with Gasteiger partial charge < -0.3 is 34.2 Å². The van der Waals surface area contributed by atoms with Gasteiger partial charge in [-0.3, -0.25) is 9.78 Å². The minimum absolute atomic E-state index is 0. The Kier molecular flexibility index (Phi) is 4.35. The minimum atomic E-state index is -0.0790. The Morgan fingerprint density at radius 3 is 2.84 bits per heavy atom. The van der Waals surface area contributed by atoms with Crippen LogP contribution in [0.3, 0.4) is 0 Å². The van der Waals surface area contributed by atoms with Gasteiger partial charge in [0.1, 0.15) is 5.39 Å². The maximum absolute atomic E-state index is 12.0. The summed E-state index contributed by atoms with van der Waals surface area (Å²) in [5.74, 6) is 0.663. The number of H-pyrrole nitrogens is 1. The maximum Gasteiger partial charge on any atom is 0.340 e. The van der Waals surface area contributed by atoms with Crippen LogP contribution in [0.25, 0.3) is 11.0 Å². The van der Waals surface area contributed by atoms with Crippen molar-refractivity contribution in [2.75, 3.05) is 31.1 Å². The van der Waals surface area contributed by atoms with Crippen molar-refractivity contribution < 1.29 is 28.5 Å². The number of hydrogen-bond acceptors (Lipinski definition) is 4. The lowest BCUT2D eigenvalue weighted by molar-refractivity contribution is -0.646. The zero-order chi connectivity index (χ0) is 12.5. The molecule has 3 rings (SSSR count). The summed E-state index contributed by atoms with van der Waals surface area (Å²) in [6.07, 6.45) is 1.90. The zero-order valence-corrected chi connectivity index (χ0v) is 12.8. The van der Waals surface area contributed by atoms with Crippen LogP contribution in [-0.2, 0) is 7.05 Å². The molecule has 0 aliphatic carbocycles. The number of nitrogens with zero attached hydrogens (tertiary/aromatic N) is 3. The monoisotopic (exact) mass is 373 g/mol. The first-order valence-corrected chi connectivity index (χ1v) is 6.10. The lowest BCUT2D eigenvalue weighted by Crippen LogP contribution is -3.00. The van der Waals surface area contributed by atoms with Gasteiger partial charge in [0.2, 0.25) is 0 Å². The molecular weight excluding hydrogens is 357 g/mol. The molecule has 0 aromatic carbocycles. The molecule has 2 aromatic rings. The van der Waals surface area contributed by atoms with Crippen molar-refractivity contribution >= 4 is 17.0 Å². The third-order valence-corrected chi connectivity index (χ3v) is 3.25. The molecule has 0 radical (unpaired) electrons. The third-order valence-electron chi connectivity index (χ3n) is 3.25. The first-order chi connectivity index (χ1) is 8.75. The maximum atomic E-state index is 12.0. The lowest BCUT2D eigenvalue weighted by atomic mass is 10.3. The van der Waals surface area contributed by atoms with Crippen LogP contribution in [0.2, 0.25) is 0 Å². The number of aromatic amines is 1. The molecule has 2 N–H and O–H groups in total. The van der Waals surface area contributed by atoms with E-state index < -0.39 is 0 Å². The van der Waals surface area contributed by atoms with Gasteiger partial charge in [-0.25, -0.2) is 4.57 Å². The summed E-state index contributed by atoms with van der Waals surface area (Å²) in [6, 6.07) is 3.65. The highest BCUT2D eigenvalue weighted by Gasteiger charge is 2.20. The lowest BCUT2D eigenvalue weighted by Gasteiger charge is -2.25. The number of rotatable bonds is 1. The number of halogens is 1. The predicted molar refractivity (Wildman–Crippen MR) is 68.6 cm³/mol. The molecule has 0 saturated carbocycles. The Morgan fingerprint density at radius 2 is 2.11 bits per heavy atom. The highest BCUT2D eigenvalue weighted by Crippen LogP contribution is 2.09. The van der Waals surface area contributed by atoms with Crippen LogP contribution >= 0.6 is 0 Å². The Bertz CT molecular complexity index is 636. The van der Waals surface area contributed by atoms with Crippen molar-refractivity contribution in [1.82, 2.24) is 15.3 Å². The molecule has 0 amide bonds. The molecule has 1 aliphatic rings. The predicted octanol–water partition coefficient (Wildman–Crippen LogP) is -3.84. The summed E-state index contributed by atoms with van der Waals surface area (Å²) in [4.78, 5) is 21.6. The summed E-state index contributed by atoms with van der Waals surface area (Å²) in [7, 11) is 1.90. The minimum Gasteiger partial charge on any atom is -1.00 e. The van der Waals surface area contributed by atoms with E-state index in [1.54, 1.807) is 6.07 Å². The molecule has 1 aliphatic heterocycles.